The van der Waals surface area contributed by atoms with Crippen molar-refractivity contribution in [1.29, 1.82) is 0 Å². The van der Waals surface area contributed by atoms with Crippen molar-refractivity contribution in [2.24, 2.45) is 0 Å². The molecule has 6 nitrogen and oxygen atoms in total. The van der Waals surface area contributed by atoms with Gasteiger partial charge in [-0.2, -0.15) is 0 Å². The average Bonchev–Trinajstić information content (AvgIpc) is 3.27. The summed E-state index contributed by atoms with van der Waals surface area (Å²) in [7, 11) is 0. The first-order valence-corrected chi connectivity index (χ1v) is 9.82. The van der Waals surface area contributed by atoms with E-state index in [-0.39, 0.29) is 12.4 Å². The third-order valence-corrected chi connectivity index (χ3v) is 5.52. The van der Waals surface area contributed by atoms with E-state index >= 15 is 0 Å². The Balaban J connectivity index is 1.48. The molecule has 4 aromatic rings. The number of aromatic nitrogens is 1. The minimum absolute atomic E-state index is 0.177. The molecule has 0 aliphatic heterocycles. The van der Waals surface area contributed by atoms with Gasteiger partial charge in [0, 0.05) is 10.9 Å². The normalized spacial score (nSPS) is 10.8. The van der Waals surface area contributed by atoms with Crippen LogP contribution in [-0.2, 0) is 11.3 Å². The molecule has 0 spiro atoms. The molecule has 1 amide bonds. The summed E-state index contributed by atoms with van der Waals surface area (Å²) in [5.41, 5.74) is 2.81. The SMILES string of the molecule is Cc1nc(NC(=O)c2oc3ccccc3c2C)sc1C(=O)OCc1ccccc1. The van der Waals surface area contributed by atoms with Crippen molar-refractivity contribution in [3.8, 4) is 0 Å². The minimum Gasteiger partial charge on any atom is -0.457 e. The zero-order valence-corrected chi connectivity index (χ0v) is 16.7. The van der Waals surface area contributed by atoms with E-state index in [2.05, 4.69) is 10.3 Å². The molecule has 0 radical (unpaired) electrons. The molecule has 146 valence electrons. The van der Waals surface area contributed by atoms with Crippen LogP contribution in [0.15, 0.2) is 59.0 Å². The van der Waals surface area contributed by atoms with Gasteiger partial charge in [-0.25, -0.2) is 9.78 Å². The number of carbonyl (C=O) groups is 2. The minimum atomic E-state index is -0.468. The fraction of sp³-hybridized carbons (Fsp3) is 0.136. The third kappa shape index (κ3) is 3.90. The number of furan rings is 1. The van der Waals surface area contributed by atoms with Crippen LogP contribution in [0.1, 0.15) is 37.0 Å². The van der Waals surface area contributed by atoms with Crippen molar-refractivity contribution >= 4 is 39.3 Å². The summed E-state index contributed by atoms with van der Waals surface area (Å²) < 4.78 is 11.0. The number of rotatable bonds is 5. The molecular weight excluding hydrogens is 388 g/mol. The van der Waals surface area contributed by atoms with Crippen molar-refractivity contribution in [2.45, 2.75) is 20.5 Å². The van der Waals surface area contributed by atoms with Crippen LogP contribution in [0.3, 0.4) is 0 Å². The highest BCUT2D eigenvalue weighted by Crippen LogP contribution is 2.28. The van der Waals surface area contributed by atoms with Crippen LogP contribution in [0.5, 0.6) is 0 Å². The van der Waals surface area contributed by atoms with Gasteiger partial charge < -0.3 is 9.15 Å². The highest BCUT2D eigenvalue weighted by molar-refractivity contribution is 7.17. The maximum atomic E-state index is 12.7. The Hall–Kier alpha value is -3.45. The number of nitrogens with zero attached hydrogens (tertiary/aromatic N) is 1. The largest absolute Gasteiger partial charge is 0.457 e. The number of aryl methyl sites for hydroxylation is 2. The molecule has 0 aliphatic carbocycles. The number of ether oxygens (including phenoxy) is 1. The molecule has 0 fully saturated rings. The van der Waals surface area contributed by atoms with E-state index in [1.165, 1.54) is 0 Å². The molecule has 2 aromatic carbocycles. The van der Waals surface area contributed by atoms with E-state index in [0.717, 1.165) is 27.8 Å². The fourth-order valence-electron chi connectivity index (χ4n) is 2.97. The molecule has 0 bridgehead atoms. The van der Waals surface area contributed by atoms with E-state index in [4.69, 9.17) is 9.15 Å². The molecule has 0 saturated carbocycles. The van der Waals surface area contributed by atoms with E-state index in [9.17, 15) is 9.59 Å². The topological polar surface area (TPSA) is 81.4 Å². The van der Waals surface area contributed by atoms with Crippen LogP contribution in [0.25, 0.3) is 11.0 Å². The Kier molecular flexibility index (Phi) is 5.14. The first kappa shape index (κ1) is 18.9. The van der Waals surface area contributed by atoms with Gasteiger partial charge in [0.1, 0.15) is 17.1 Å². The molecule has 2 heterocycles. The van der Waals surface area contributed by atoms with Gasteiger partial charge in [0.15, 0.2) is 10.9 Å². The smallest absolute Gasteiger partial charge is 0.350 e. The van der Waals surface area contributed by atoms with E-state index in [1.54, 1.807) is 6.92 Å². The molecule has 1 N–H and O–H groups in total. The first-order valence-electron chi connectivity index (χ1n) is 9.01. The lowest BCUT2D eigenvalue weighted by Gasteiger charge is -2.03. The summed E-state index contributed by atoms with van der Waals surface area (Å²) in [6.07, 6.45) is 0. The summed E-state index contributed by atoms with van der Waals surface area (Å²) in [6, 6.07) is 16.9. The number of benzene rings is 2. The van der Waals surface area contributed by atoms with Crippen molar-refractivity contribution in [3.63, 3.8) is 0 Å². The van der Waals surface area contributed by atoms with Gasteiger partial charge in [-0.1, -0.05) is 59.9 Å². The summed E-state index contributed by atoms with van der Waals surface area (Å²) in [5, 5.41) is 3.92. The number of anilines is 1. The van der Waals surface area contributed by atoms with Crippen LogP contribution in [0.2, 0.25) is 0 Å². The average molecular weight is 406 g/mol. The lowest BCUT2D eigenvalue weighted by molar-refractivity contribution is 0.0477. The fourth-order valence-corrected chi connectivity index (χ4v) is 3.83. The van der Waals surface area contributed by atoms with E-state index in [1.807, 2.05) is 61.5 Å². The lowest BCUT2D eigenvalue weighted by atomic mass is 10.1. The van der Waals surface area contributed by atoms with Crippen LogP contribution in [-0.4, -0.2) is 16.9 Å². The molecule has 2 aromatic heterocycles. The van der Waals surface area contributed by atoms with Crippen molar-refractivity contribution in [2.75, 3.05) is 5.32 Å². The molecule has 4 rings (SSSR count). The second kappa shape index (κ2) is 7.89. The van der Waals surface area contributed by atoms with Crippen molar-refractivity contribution < 1.29 is 18.7 Å². The zero-order chi connectivity index (χ0) is 20.4. The number of para-hydroxylation sites is 1. The van der Waals surface area contributed by atoms with Gasteiger partial charge in [0.25, 0.3) is 5.91 Å². The maximum Gasteiger partial charge on any atom is 0.350 e. The number of hydrogen-bond acceptors (Lipinski definition) is 6. The summed E-state index contributed by atoms with van der Waals surface area (Å²) >= 11 is 1.08. The van der Waals surface area contributed by atoms with Gasteiger partial charge in [0.2, 0.25) is 0 Å². The summed E-state index contributed by atoms with van der Waals surface area (Å²) in [5.74, 6) is -0.645. The van der Waals surface area contributed by atoms with Gasteiger partial charge in [-0.3, -0.25) is 10.1 Å². The number of fused-ring (bicyclic) bond motifs is 1. The predicted molar refractivity (Wildman–Crippen MR) is 111 cm³/mol. The third-order valence-electron chi connectivity index (χ3n) is 4.47. The van der Waals surface area contributed by atoms with Gasteiger partial charge in [0.05, 0.1) is 5.69 Å². The van der Waals surface area contributed by atoms with Gasteiger partial charge in [-0.05, 0) is 25.5 Å². The monoisotopic (exact) mass is 406 g/mol. The first-order chi connectivity index (χ1) is 14.0. The van der Waals surface area contributed by atoms with E-state index < -0.39 is 11.9 Å². The molecule has 29 heavy (non-hydrogen) atoms. The molecule has 0 unspecified atom stereocenters. The van der Waals surface area contributed by atoms with Crippen molar-refractivity contribution in [1.82, 2.24) is 4.98 Å². The summed E-state index contributed by atoms with van der Waals surface area (Å²) in [4.78, 5) is 29.7. The standard InChI is InChI=1S/C22H18N2O4S/c1-13-16-10-6-7-11-17(16)28-18(13)20(25)24-22-23-14(2)19(29-22)21(26)27-12-15-8-4-3-5-9-15/h3-11H,12H2,1-2H3,(H,23,24,25). The highest BCUT2D eigenvalue weighted by atomic mass is 32.1. The van der Waals surface area contributed by atoms with Gasteiger partial charge >= 0.3 is 5.97 Å². The molecule has 0 aliphatic rings. The number of nitrogens with one attached hydrogen (secondary N) is 1. The Labute approximate surface area is 171 Å². The number of amides is 1. The van der Waals surface area contributed by atoms with E-state index in [0.29, 0.717) is 21.3 Å². The molecular formula is C22H18N2O4S. The lowest BCUT2D eigenvalue weighted by Crippen LogP contribution is -2.11. The zero-order valence-electron chi connectivity index (χ0n) is 15.9. The molecule has 7 heteroatoms. The second-order valence-electron chi connectivity index (χ2n) is 6.50. The number of hydrogen-bond donors (Lipinski definition) is 1. The number of carbonyl (C=O) groups excluding carboxylic acids is 2. The van der Waals surface area contributed by atoms with Crippen LogP contribution < -0.4 is 5.32 Å². The number of thiazole rings is 1. The Morgan fingerprint density at radius 3 is 2.55 bits per heavy atom. The highest BCUT2D eigenvalue weighted by Gasteiger charge is 2.21. The molecule has 0 saturated heterocycles. The quantitative estimate of drug-likeness (QED) is 0.466. The Morgan fingerprint density at radius 1 is 1.07 bits per heavy atom. The summed E-state index contributed by atoms with van der Waals surface area (Å²) in [6.45, 7) is 3.72. The molecule has 0 atom stereocenters. The van der Waals surface area contributed by atoms with Crippen molar-refractivity contribution in [3.05, 3.63) is 82.1 Å². The second-order valence-corrected chi connectivity index (χ2v) is 7.50. The number of esters is 1. The van der Waals surface area contributed by atoms with Crippen LogP contribution in [0, 0.1) is 13.8 Å². The maximum absolute atomic E-state index is 12.7. The Bertz CT molecular complexity index is 1190. The van der Waals surface area contributed by atoms with Gasteiger partial charge in [-0.15, -0.1) is 0 Å². The Morgan fingerprint density at radius 2 is 1.79 bits per heavy atom. The van der Waals surface area contributed by atoms with Crippen LogP contribution in [0.4, 0.5) is 5.13 Å². The predicted octanol–water partition coefficient (Wildman–Crippen LogP) is 5.12. The van der Waals surface area contributed by atoms with Crippen LogP contribution >= 0.6 is 11.3 Å².